The van der Waals surface area contributed by atoms with Gasteiger partial charge < -0.3 is 29.6 Å². The summed E-state index contributed by atoms with van der Waals surface area (Å²) >= 11 is 0. The zero-order valence-corrected chi connectivity index (χ0v) is 25.6. The minimum absolute atomic E-state index is 0.103. The second-order valence-corrected chi connectivity index (χ2v) is 12.3. The van der Waals surface area contributed by atoms with Crippen LogP contribution in [0.3, 0.4) is 0 Å². The third-order valence-corrected chi connectivity index (χ3v) is 7.47. The Labute approximate surface area is 258 Å². The molecule has 0 radical (unpaired) electrons. The topological polar surface area (TPSA) is 116 Å². The van der Waals surface area contributed by atoms with E-state index in [1.807, 2.05) is 71.4 Å². The number of carbonyl (C=O) groups is 2. The summed E-state index contributed by atoms with van der Waals surface area (Å²) in [5, 5.41) is 11.4. The van der Waals surface area contributed by atoms with Gasteiger partial charge in [-0.15, -0.1) is 0 Å². The number of amides is 2. The van der Waals surface area contributed by atoms with Crippen LogP contribution in [0.15, 0.2) is 79.0 Å². The predicted molar refractivity (Wildman–Crippen MR) is 170 cm³/mol. The van der Waals surface area contributed by atoms with Gasteiger partial charge in [0.2, 0.25) is 0 Å². The number of nitrogens with two attached hydrogens (primary N) is 1. The highest BCUT2D eigenvalue weighted by molar-refractivity contribution is 6.13. The largest absolute Gasteiger partial charge is 0.491 e. The Kier molecular flexibility index (Phi) is 9.56. The molecule has 3 N–H and O–H groups in total. The molecule has 3 aromatic carbocycles. The molecular formula is C35H41N3O6. The summed E-state index contributed by atoms with van der Waals surface area (Å²) in [6.07, 6.45) is 4.09. The molecule has 0 saturated carbocycles. The molecule has 2 amide bonds. The number of rotatable bonds is 9. The molecule has 232 valence electrons. The fourth-order valence-electron chi connectivity index (χ4n) is 5.41. The smallest absolute Gasteiger partial charge is 0.421 e. The van der Waals surface area contributed by atoms with E-state index in [1.54, 1.807) is 32.9 Å². The highest BCUT2D eigenvalue weighted by Gasteiger charge is 2.30. The van der Waals surface area contributed by atoms with E-state index in [4.69, 9.17) is 19.9 Å². The van der Waals surface area contributed by atoms with Crippen LogP contribution < -0.4 is 20.1 Å². The molecule has 1 aliphatic rings. The first-order chi connectivity index (χ1) is 21.1. The molecule has 1 unspecified atom stereocenters. The molecule has 0 fully saturated rings. The van der Waals surface area contributed by atoms with Gasteiger partial charge in [0.1, 0.15) is 29.8 Å². The van der Waals surface area contributed by atoms with E-state index < -0.39 is 23.7 Å². The maximum absolute atomic E-state index is 13.5. The summed E-state index contributed by atoms with van der Waals surface area (Å²) in [6.45, 7) is 5.35. The zero-order valence-electron chi connectivity index (χ0n) is 25.6. The molecule has 1 aliphatic carbocycles. The van der Waals surface area contributed by atoms with E-state index in [0.29, 0.717) is 23.7 Å². The van der Waals surface area contributed by atoms with Gasteiger partial charge in [-0.3, -0.25) is 4.79 Å². The highest BCUT2D eigenvalue weighted by atomic mass is 16.6. The van der Waals surface area contributed by atoms with Crippen molar-refractivity contribution >= 4 is 28.6 Å². The lowest BCUT2D eigenvalue weighted by molar-refractivity contribution is -0.120. The number of carbonyl (C=O) groups excluding carboxylic acids is 2. The maximum atomic E-state index is 13.5. The monoisotopic (exact) mass is 599 g/mol. The van der Waals surface area contributed by atoms with Gasteiger partial charge in [-0.05, 0) is 106 Å². The lowest BCUT2D eigenvalue weighted by Crippen LogP contribution is -2.43. The van der Waals surface area contributed by atoms with Crippen LogP contribution in [0.2, 0.25) is 0 Å². The first-order valence-corrected chi connectivity index (χ1v) is 15.1. The maximum Gasteiger partial charge on any atom is 0.421 e. The third kappa shape index (κ3) is 7.98. The number of aryl methyl sites for hydroxylation is 1. The first-order valence-electron chi connectivity index (χ1n) is 15.1. The average Bonchev–Trinajstić information content (AvgIpc) is 3.26. The number of anilines is 1. The number of fused-ring (bicyclic) bond motifs is 2. The predicted octanol–water partition coefficient (Wildman–Crippen LogP) is 5.63. The zero-order chi connectivity index (χ0) is 31.3. The van der Waals surface area contributed by atoms with Crippen molar-refractivity contribution in [2.75, 3.05) is 18.1 Å². The molecule has 5 rings (SSSR count). The van der Waals surface area contributed by atoms with E-state index in [1.165, 1.54) is 5.56 Å². The van der Waals surface area contributed by atoms with Crippen molar-refractivity contribution in [3.63, 3.8) is 0 Å². The molecule has 9 nitrogen and oxygen atoms in total. The van der Waals surface area contributed by atoms with Crippen molar-refractivity contribution in [1.29, 1.82) is 0 Å². The molecule has 0 spiro atoms. The van der Waals surface area contributed by atoms with Crippen molar-refractivity contribution in [2.24, 2.45) is 5.73 Å². The number of ether oxygens (including phenoxy) is 3. The number of benzene rings is 3. The minimum atomic E-state index is -0.808. The molecule has 1 aromatic heterocycles. The molecule has 9 heteroatoms. The number of hydrogen-bond donors (Lipinski definition) is 2. The van der Waals surface area contributed by atoms with Gasteiger partial charge in [-0.25, -0.2) is 9.69 Å². The van der Waals surface area contributed by atoms with E-state index in [2.05, 4.69) is 0 Å². The normalized spacial score (nSPS) is 15.6. The fraction of sp³-hybridized carbons (Fsp3) is 0.371. The Morgan fingerprint density at radius 2 is 1.80 bits per heavy atom. The first kappa shape index (κ1) is 31.1. The fourth-order valence-corrected chi connectivity index (χ4v) is 5.41. The van der Waals surface area contributed by atoms with Gasteiger partial charge in [-0.2, -0.15) is 0 Å². The molecule has 0 bridgehead atoms. The third-order valence-electron chi connectivity index (χ3n) is 7.47. The molecule has 4 aromatic rings. The van der Waals surface area contributed by atoms with Crippen molar-refractivity contribution in [3.8, 4) is 11.5 Å². The summed E-state index contributed by atoms with van der Waals surface area (Å²) < 4.78 is 19.1. The number of aliphatic hydroxyl groups is 1. The lowest BCUT2D eigenvalue weighted by atomic mass is 10.0. The van der Waals surface area contributed by atoms with Gasteiger partial charge >= 0.3 is 6.09 Å². The summed E-state index contributed by atoms with van der Waals surface area (Å²) in [5.41, 5.74) is 9.01. The number of hydrogen-bond acceptors (Lipinski definition) is 7. The molecule has 0 saturated heterocycles. The second-order valence-electron chi connectivity index (χ2n) is 12.3. The van der Waals surface area contributed by atoms with Crippen LogP contribution in [0, 0.1) is 0 Å². The van der Waals surface area contributed by atoms with Crippen molar-refractivity contribution < 1.29 is 28.9 Å². The van der Waals surface area contributed by atoms with Crippen LogP contribution in [0.4, 0.5) is 10.5 Å². The van der Waals surface area contributed by atoms with Crippen LogP contribution in [0.5, 0.6) is 11.5 Å². The molecule has 2 atom stereocenters. The standard InChI is InChI=1S/C35H41N3O6/c1-35(2,3)44-34(41)38(33(40)23-43-31-14-12-24-8-7-9-27(36)18-26(24)20-31)28-13-15-32-25(19-28)16-17-37(32)21-29(39)22-42-30-10-5-4-6-11-30/h4-6,10-17,19-20,27,29,39H,7-9,18,21-23,36H2,1-3H3/t27?,29-/m0/s1. The van der Waals surface area contributed by atoms with Gasteiger partial charge in [-0.1, -0.05) is 24.3 Å². The molecule has 1 heterocycles. The van der Waals surface area contributed by atoms with Crippen LogP contribution in [0.25, 0.3) is 10.9 Å². The Bertz CT molecular complexity index is 1590. The van der Waals surface area contributed by atoms with Gasteiger partial charge in [0.15, 0.2) is 6.61 Å². The number of aromatic nitrogens is 1. The molecular weight excluding hydrogens is 558 g/mol. The van der Waals surface area contributed by atoms with Crippen molar-refractivity contribution in [2.45, 2.75) is 70.7 Å². The minimum Gasteiger partial charge on any atom is -0.491 e. The van der Waals surface area contributed by atoms with Crippen LogP contribution >= 0.6 is 0 Å². The van der Waals surface area contributed by atoms with Crippen LogP contribution in [0.1, 0.15) is 44.7 Å². The van der Waals surface area contributed by atoms with Gasteiger partial charge in [0.25, 0.3) is 5.91 Å². The summed E-state index contributed by atoms with van der Waals surface area (Å²) in [5.74, 6) is 0.687. The van der Waals surface area contributed by atoms with E-state index in [9.17, 15) is 14.7 Å². The van der Waals surface area contributed by atoms with Gasteiger partial charge in [0, 0.05) is 23.1 Å². The Morgan fingerprint density at radius 3 is 2.57 bits per heavy atom. The number of aliphatic hydroxyl groups excluding tert-OH is 1. The van der Waals surface area contributed by atoms with Gasteiger partial charge in [0.05, 0.1) is 12.2 Å². The number of para-hydroxylation sites is 1. The molecule has 44 heavy (non-hydrogen) atoms. The molecule has 0 aliphatic heterocycles. The lowest BCUT2D eigenvalue weighted by Gasteiger charge is -2.26. The Balaban J connectivity index is 1.31. The average molecular weight is 600 g/mol. The Morgan fingerprint density at radius 1 is 1.00 bits per heavy atom. The SMILES string of the molecule is CC(C)(C)OC(=O)N(C(=O)COc1ccc2c(c1)CC(N)CCC2)c1ccc2c(ccn2C[C@H](O)COc2ccccc2)c1. The quantitative estimate of drug-likeness (QED) is 0.239. The summed E-state index contributed by atoms with van der Waals surface area (Å²) in [6, 6.07) is 22.4. The number of imide groups is 1. The second kappa shape index (κ2) is 13.5. The van der Waals surface area contributed by atoms with Crippen molar-refractivity contribution in [3.05, 3.63) is 90.1 Å². The summed E-state index contributed by atoms with van der Waals surface area (Å²) in [4.78, 5) is 27.9. The Hall–Kier alpha value is -4.34. The van der Waals surface area contributed by atoms with Crippen molar-refractivity contribution in [1.82, 2.24) is 4.57 Å². The van der Waals surface area contributed by atoms with E-state index in [0.717, 1.165) is 47.0 Å². The number of nitrogens with zero attached hydrogens (tertiary/aromatic N) is 2. The van der Waals surface area contributed by atoms with E-state index in [-0.39, 0.29) is 19.3 Å². The van der Waals surface area contributed by atoms with E-state index >= 15 is 0 Å². The highest BCUT2D eigenvalue weighted by Crippen LogP contribution is 2.27. The summed E-state index contributed by atoms with van der Waals surface area (Å²) in [7, 11) is 0. The van der Waals surface area contributed by atoms with Crippen LogP contribution in [-0.4, -0.2) is 52.6 Å². The van der Waals surface area contributed by atoms with Crippen LogP contribution in [-0.2, 0) is 28.9 Å².